The number of rotatable bonds is 2. The molecule has 3 nitrogen and oxygen atoms in total. The zero-order valence-electron chi connectivity index (χ0n) is 12.2. The summed E-state index contributed by atoms with van der Waals surface area (Å²) >= 11 is 5.77. The summed E-state index contributed by atoms with van der Waals surface area (Å²) in [6.07, 6.45) is 1.10. The van der Waals surface area contributed by atoms with Crippen LogP contribution in [-0.4, -0.2) is 70.9 Å². The van der Waals surface area contributed by atoms with Crippen molar-refractivity contribution in [3.63, 3.8) is 0 Å². The fraction of sp³-hybridized carbons (Fsp3) is 0.667. The Morgan fingerprint density at radius 3 is 2.62 bits per heavy atom. The first kappa shape index (κ1) is 15.7. The quantitative estimate of drug-likeness (QED) is 0.824. The van der Waals surface area contributed by atoms with E-state index in [9.17, 15) is 4.79 Å². The second-order valence-electron chi connectivity index (χ2n) is 5.50. The first-order valence-corrected chi connectivity index (χ1v) is 10.8. The van der Waals surface area contributed by atoms with Crippen molar-refractivity contribution in [2.75, 3.05) is 49.2 Å². The molecular weight excluding hydrogens is 320 g/mol. The average molecular weight is 343 g/mol. The fourth-order valence-corrected chi connectivity index (χ4v) is 6.15. The molecule has 0 bridgehead atoms. The van der Waals surface area contributed by atoms with E-state index in [1.807, 2.05) is 21.7 Å². The SMILES string of the molecule is O=C(c1ccsc1)N1CCCN(C2CSCCSC2)CC1. The molecule has 0 aliphatic carbocycles. The summed E-state index contributed by atoms with van der Waals surface area (Å²) in [6.45, 7) is 3.94. The van der Waals surface area contributed by atoms with Gasteiger partial charge in [-0.1, -0.05) is 0 Å². The van der Waals surface area contributed by atoms with Gasteiger partial charge in [-0.3, -0.25) is 9.69 Å². The molecule has 0 N–H and O–H groups in total. The topological polar surface area (TPSA) is 23.6 Å². The third-order valence-electron chi connectivity index (χ3n) is 4.09. The largest absolute Gasteiger partial charge is 0.337 e. The number of hydrogen-bond acceptors (Lipinski definition) is 5. The van der Waals surface area contributed by atoms with E-state index in [1.54, 1.807) is 11.3 Å². The molecule has 1 amide bonds. The van der Waals surface area contributed by atoms with Gasteiger partial charge in [-0.2, -0.15) is 34.9 Å². The Morgan fingerprint density at radius 2 is 1.90 bits per heavy atom. The van der Waals surface area contributed by atoms with Crippen LogP contribution >= 0.6 is 34.9 Å². The third kappa shape index (κ3) is 4.18. The lowest BCUT2D eigenvalue weighted by Gasteiger charge is -2.29. The van der Waals surface area contributed by atoms with E-state index in [1.165, 1.54) is 23.0 Å². The van der Waals surface area contributed by atoms with Gasteiger partial charge in [0.25, 0.3) is 5.91 Å². The molecule has 2 aliphatic heterocycles. The Kier molecular flexibility index (Phi) is 5.91. The predicted octanol–water partition coefficient (Wildman–Crippen LogP) is 2.74. The van der Waals surface area contributed by atoms with Crippen LogP contribution in [0, 0.1) is 0 Å². The molecule has 0 spiro atoms. The molecular formula is C15H22N2OS3. The van der Waals surface area contributed by atoms with Gasteiger partial charge in [0.15, 0.2) is 0 Å². The molecule has 3 heterocycles. The Balaban J connectivity index is 1.57. The molecule has 1 aromatic rings. The Hall–Kier alpha value is -0.170. The number of thioether (sulfide) groups is 2. The minimum absolute atomic E-state index is 0.211. The zero-order chi connectivity index (χ0) is 14.5. The van der Waals surface area contributed by atoms with E-state index in [-0.39, 0.29) is 5.91 Å². The molecule has 2 saturated heterocycles. The van der Waals surface area contributed by atoms with Gasteiger partial charge < -0.3 is 4.90 Å². The molecule has 1 aromatic heterocycles. The van der Waals surface area contributed by atoms with Crippen LogP contribution < -0.4 is 0 Å². The maximum atomic E-state index is 12.5. The maximum absolute atomic E-state index is 12.5. The van der Waals surface area contributed by atoms with E-state index in [2.05, 4.69) is 28.4 Å². The lowest BCUT2D eigenvalue weighted by molar-refractivity contribution is 0.0760. The van der Waals surface area contributed by atoms with Crippen molar-refractivity contribution in [2.24, 2.45) is 0 Å². The second-order valence-corrected chi connectivity index (χ2v) is 8.58. The van der Waals surface area contributed by atoms with Crippen molar-refractivity contribution in [1.29, 1.82) is 0 Å². The highest BCUT2D eigenvalue weighted by Crippen LogP contribution is 2.22. The zero-order valence-corrected chi connectivity index (χ0v) is 14.7. The van der Waals surface area contributed by atoms with Crippen molar-refractivity contribution in [2.45, 2.75) is 12.5 Å². The van der Waals surface area contributed by atoms with E-state index < -0.39 is 0 Å². The van der Waals surface area contributed by atoms with Crippen LogP contribution in [0.1, 0.15) is 16.8 Å². The van der Waals surface area contributed by atoms with E-state index >= 15 is 0 Å². The smallest absolute Gasteiger partial charge is 0.254 e. The van der Waals surface area contributed by atoms with Gasteiger partial charge in [-0.15, -0.1) is 0 Å². The predicted molar refractivity (Wildman–Crippen MR) is 94.9 cm³/mol. The molecule has 0 atom stereocenters. The molecule has 3 rings (SSSR count). The van der Waals surface area contributed by atoms with Gasteiger partial charge in [0, 0.05) is 60.6 Å². The van der Waals surface area contributed by atoms with Gasteiger partial charge in [0.2, 0.25) is 0 Å². The minimum atomic E-state index is 0.211. The van der Waals surface area contributed by atoms with Crippen LogP contribution in [0.5, 0.6) is 0 Å². The standard InChI is InChI=1S/C15H22N2OS3/c18-15(13-2-7-19-10-13)17-4-1-3-16(5-6-17)14-11-20-8-9-21-12-14/h2,7,10,14H,1,3-6,8-9,11-12H2. The number of thiophene rings is 1. The summed E-state index contributed by atoms with van der Waals surface area (Å²) in [7, 11) is 0. The van der Waals surface area contributed by atoms with Crippen molar-refractivity contribution >= 4 is 40.8 Å². The third-order valence-corrected chi connectivity index (χ3v) is 7.26. The first-order chi connectivity index (χ1) is 10.3. The summed E-state index contributed by atoms with van der Waals surface area (Å²) in [5.74, 6) is 5.30. The van der Waals surface area contributed by atoms with Crippen molar-refractivity contribution in [1.82, 2.24) is 9.80 Å². The lowest BCUT2D eigenvalue weighted by atomic mass is 10.3. The molecule has 116 valence electrons. The van der Waals surface area contributed by atoms with Crippen molar-refractivity contribution in [3.05, 3.63) is 22.4 Å². The lowest BCUT2D eigenvalue weighted by Crippen LogP contribution is -2.41. The van der Waals surface area contributed by atoms with Gasteiger partial charge in [0.1, 0.15) is 0 Å². The molecule has 2 fully saturated rings. The second kappa shape index (κ2) is 7.90. The summed E-state index contributed by atoms with van der Waals surface area (Å²) < 4.78 is 0. The van der Waals surface area contributed by atoms with E-state index in [4.69, 9.17) is 0 Å². The first-order valence-electron chi connectivity index (χ1n) is 7.55. The average Bonchev–Trinajstić information content (AvgIpc) is 2.76. The van der Waals surface area contributed by atoms with Crippen LogP contribution in [0.2, 0.25) is 0 Å². The van der Waals surface area contributed by atoms with Crippen LogP contribution in [0.25, 0.3) is 0 Å². The van der Waals surface area contributed by atoms with Crippen LogP contribution in [-0.2, 0) is 0 Å². The fourth-order valence-electron chi connectivity index (χ4n) is 2.89. The van der Waals surface area contributed by atoms with Crippen LogP contribution in [0.3, 0.4) is 0 Å². The summed E-state index contributed by atoms with van der Waals surface area (Å²) in [5, 5.41) is 3.95. The number of carbonyl (C=O) groups is 1. The molecule has 6 heteroatoms. The molecule has 0 aromatic carbocycles. The highest BCUT2D eigenvalue weighted by Gasteiger charge is 2.25. The minimum Gasteiger partial charge on any atom is -0.337 e. The van der Waals surface area contributed by atoms with E-state index in [0.717, 1.165) is 38.2 Å². The maximum Gasteiger partial charge on any atom is 0.254 e. The van der Waals surface area contributed by atoms with Gasteiger partial charge in [-0.25, -0.2) is 0 Å². The number of amides is 1. The number of carbonyl (C=O) groups excluding carboxylic acids is 1. The Labute approximate surface area is 139 Å². The van der Waals surface area contributed by atoms with Crippen LogP contribution in [0.4, 0.5) is 0 Å². The van der Waals surface area contributed by atoms with Gasteiger partial charge in [0.05, 0.1) is 5.56 Å². The van der Waals surface area contributed by atoms with Gasteiger partial charge >= 0.3 is 0 Å². The molecule has 21 heavy (non-hydrogen) atoms. The molecule has 2 aliphatic rings. The highest BCUT2D eigenvalue weighted by atomic mass is 32.2. The highest BCUT2D eigenvalue weighted by molar-refractivity contribution is 8.03. The molecule has 0 saturated carbocycles. The van der Waals surface area contributed by atoms with E-state index in [0.29, 0.717) is 6.04 Å². The van der Waals surface area contributed by atoms with Crippen molar-refractivity contribution in [3.8, 4) is 0 Å². The van der Waals surface area contributed by atoms with Gasteiger partial charge in [-0.05, 0) is 17.9 Å². The Bertz CT molecular complexity index is 444. The summed E-state index contributed by atoms with van der Waals surface area (Å²) in [6, 6.07) is 2.63. The summed E-state index contributed by atoms with van der Waals surface area (Å²) in [5.41, 5.74) is 0.856. The molecule has 0 radical (unpaired) electrons. The van der Waals surface area contributed by atoms with Crippen molar-refractivity contribution < 1.29 is 4.79 Å². The normalized spacial score (nSPS) is 22.8. The number of nitrogens with zero attached hydrogens (tertiary/aromatic N) is 2. The summed E-state index contributed by atoms with van der Waals surface area (Å²) in [4.78, 5) is 17.1. The number of hydrogen-bond donors (Lipinski definition) is 0. The monoisotopic (exact) mass is 342 g/mol. The Morgan fingerprint density at radius 1 is 1.10 bits per heavy atom. The van der Waals surface area contributed by atoms with Crippen LogP contribution in [0.15, 0.2) is 16.8 Å². The molecule has 0 unspecified atom stereocenters.